The van der Waals surface area contributed by atoms with Crippen molar-refractivity contribution in [2.24, 2.45) is 23.7 Å². The molecule has 1 saturated heterocycles. The van der Waals surface area contributed by atoms with E-state index in [4.69, 9.17) is 15.2 Å². The van der Waals surface area contributed by atoms with Gasteiger partial charge < -0.3 is 35.6 Å². The summed E-state index contributed by atoms with van der Waals surface area (Å²) in [5, 5.41) is 6.00. The minimum atomic E-state index is -0.983. The van der Waals surface area contributed by atoms with Crippen LogP contribution >= 0.6 is 0 Å². The zero-order valence-corrected chi connectivity index (χ0v) is 36.0. The fraction of sp³-hybridized carbons (Fsp3) is 0.744. The van der Waals surface area contributed by atoms with E-state index in [1.165, 1.54) is 0 Å². The van der Waals surface area contributed by atoms with Gasteiger partial charge in [0.2, 0.25) is 23.6 Å². The molecule has 3 N–H and O–H groups in total. The van der Waals surface area contributed by atoms with Crippen LogP contribution in [0.4, 0.5) is 0 Å². The van der Waals surface area contributed by atoms with Crippen molar-refractivity contribution in [3.63, 3.8) is 0 Å². The Hall–Kier alpha value is -2.33. The molecule has 10 atom stereocenters. The summed E-state index contributed by atoms with van der Waals surface area (Å²) < 4.78 is 11.9. The normalized spacial score (nSPS) is 19.9. The van der Waals surface area contributed by atoms with Gasteiger partial charge in [0.1, 0.15) is 6.04 Å². The van der Waals surface area contributed by atoms with Crippen LogP contribution in [-0.2, 0) is 49.7 Å². The fourth-order valence-electron chi connectivity index (χ4n) is 7.11. The van der Waals surface area contributed by atoms with Crippen LogP contribution in [0.2, 0.25) is 0 Å². The molecule has 0 aromatic heterocycles. The number of hydrogen-bond donors (Lipinski definition) is 2. The minimum absolute atomic E-state index is 0. The van der Waals surface area contributed by atoms with Crippen molar-refractivity contribution in [1.29, 1.82) is 0 Å². The maximum atomic E-state index is 14.1. The summed E-state index contributed by atoms with van der Waals surface area (Å²) in [6.45, 7) is 17.9. The molecule has 1 fully saturated rings. The molecule has 1 aliphatic rings. The van der Waals surface area contributed by atoms with E-state index in [9.17, 15) is 19.2 Å². The van der Waals surface area contributed by atoms with Crippen molar-refractivity contribution in [3.8, 4) is 0 Å². The molecular weight excluding hydrogens is 818 g/mol. The Morgan fingerprint density at radius 1 is 0.922 bits per heavy atom. The molecule has 1 heterocycles. The van der Waals surface area contributed by atoms with E-state index in [0.717, 1.165) is 18.4 Å². The summed E-state index contributed by atoms with van der Waals surface area (Å²) in [5.41, 5.74) is 9.36. The molecule has 290 valence electrons. The number of benzene rings is 1. The number of methoxy groups -OCH3 is 2. The topological polar surface area (TPSA) is 141 Å². The maximum absolute atomic E-state index is 14.1. The second-order valence-corrected chi connectivity index (χ2v) is 15.0. The summed E-state index contributed by atoms with van der Waals surface area (Å²) in [6, 6.07) is 7.45. The molecule has 10 unspecified atom stereocenters. The van der Waals surface area contributed by atoms with Gasteiger partial charge in [0, 0.05) is 60.8 Å². The van der Waals surface area contributed by atoms with Crippen LogP contribution < -0.4 is 10.6 Å². The molecule has 0 saturated carbocycles. The van der Waals surface area contributed by atoms with Crippen LogP contribution in [0.15, 0.2) is 30.3 Å². The zero-order valence-electron chi connectivity index (χ0n) is 33.1. The smallest absolute Gasteiger partial charge is 0.245 e. The average Bonchev–Trinajstić information content (AvgIpc) is 3.58. The first-order chi connectivity index (χ1) is 23.5. The molecule has 51 heavy (non-hydrogen) atoms. The van der Waals surface area contributed by atoms with Gasteiger partial charge in [-0.15, -0.1) is 0 Å². The number of nitrogens with zero attached hydrogens (tertiary/aromatic N) is 2. The number of amides is 4. The Morgan fingerprint density at radius 3 is 2.04 bits per heavy atom. The number of nitrogens with one attached hydrogen (secondary N) is 3. The molecule has 12 heteroatoms. The second-order valence-electron chi connectivity index (χ2n) is 15.0. The predicted octanol–water partition coefficient (Wildman–Crippen LogP) is 5.43. The number of likely N-dealkylation sites (N-methyl/N-ethyl adjacent to an activating group) is 1. The van der Waals surface area contributed by atoms with Gasteiger partial charge in [0.25, 0.3) is 0 Å². The molecule has 0 aliphatic carbocycles. The Balaban J connectivity index is 0.0000130. The molecule has 4 amide bonds. The molecule has 2 rings (SSSR count). The molecule has 11 nitrogen and oxygen atoms in total. The third-order valence-corrected chi connectivity index (χ3v) is 10.9. The summed E-state index contributed by atoms with van der Waals surface area (Å²) in [4.78, 5) is 57.9. The van der Waals surface area contributed by atoms with Gasteiger partial charge in [0.05, 0.1) is 36.6 Å². The SMILES string of the molecule is CCC(C)C(C(CC(=O)N1CCCC1C(OC)C(C)C(=O)NC(C)C(C)c1ccccc1)OC)N(C)C(=O)C(NC(=O)C([NH-])C(C)C)C(C)C.[W]. The van der Waals surface area contributed by atoms with Crippen molar-refractivity contribution in [2.45, 2.75) is 136 Å². The van der Waals surface area contributed by atoms with E-state index in [1.807, 2.05) is 64.6 Å². The molecule has 0 spiro atoms. The first-order valence-corrected chi connectivity index (χ1v) is 18.5. The number of carbonyl (C=O) groups is 4. The Morgan fingerprint density at radius 2 is 1.53 bits per heavy atom. The molecule has 0 bridgehead atoms. The first kappa shape index (κ1) is 46.7. The van der Waals surface area contributed by atoms with E-state index in [2.05, 4.69) is 29.7 Å². The van der Waals surface area contributed by atoms with E-state index in [0.29, 0.717) is 13.0 Å². The first-order valence-electron chi connectivity index (χ1n) is 18.5. The predicted molar refractivity (Wildman–Crippen MR) is 198 cm³/mol. The van der Waals surface area contributed by atoms with Crippen LogP contribution in [0.5, 0.6) is 0 Å². The van der Waals surface area contributed by atoms with Gasteiger partial charge in [-0.2, -0.15) is 0 Å². The van der Waals surface area contributed by atoms with Crippen molar-refractivity contribution in [3.05, 3.63) is 41.6 Å². The number of rotatable bonds is 19. The number of carbonyl (C=O) groups excluding carboxylic acids is 4. The summed E-state index contributed by atoms with van der Waals surface area (Å²) in [7, 11) is 4.86. The van der Waals surface area contributed by atoms with Gasteiger partial charge in [-0.3, -0.25) is 19.2 Å². The Kier molecular flexibility index (Phi) is 20.2. The van der Waals surface area contributed by atoms with E-state index >= 15 is 0 Å². The minimum Gasteiger partial charge on any atom is -0.667 e. The van der Waals surface area contributed by atoms with Crippen LogP contribution in [-0.4, -0.2) is 104 Å². The Labute approximate surface area is 322 Å². The third-order valence-electron chi connectivity index (χ3n) is 10.9. The van der Waals surface area contributed by atoms with Crippen molar-refractivity contribution >= 4 is 23.6 Å². The summed E-state index contributed by atoms with van der Waals surface area (Å²) >= 11 is 0. The average molecular weight is 885 g/mol. The van der Waals surface area contributed by atoms with Gasteiger partial charge in [-0.25, -0.2) is 0 Å². The fourth-order valence-corrected chi connectivity index (χ4v) is 7.11. The van der Waals surface area contributed by atoms with Crippen LogP contribution in [0.1, 0.15) is 99.5 Å². The van der Waals surface area contributed by atoms with Gasteiger partial charge in [-0.1, -0.05) is 104 Å². The number of ether oxygens (including phenoxy) is 2. The standard InChI is InChI=1S/C39H66N5O6.W/c1-13-25(6)35(43(10)39(48)34(24(4)5)42-38(47)33(40)23(2)3)31(49-11)22-32(45)44-21-17-20-30(44)36(50-12)27(8)37(46)41-28(9)26(7)29-18-15-14-16-19-29;/h14-16,18-19,23-28,30-31,33-36,40H,13,17,20-22H2,1-12H3,(H,41,46)(H,42,47);/q-1;. The van der Waals surface area contributed by atoms with Gasteiger partial charge in [-0.05, 0) is 37.2 Å². The van der Waals surface area contributed by atoms with Crippen LogP contribution in [0.3, 0.4) is 0 Å². The summed E-state index contributed by atoms with van der Waals surface area (Å²) in [6.07, 6.45) is 1.18. The van der Waals surface area contributed by atoms with Crippen LogP contribution in [0.25, 0.3) is 5.73 Å². The summed E-state index contributed by atoms with van der Waals surface area (Å²) in [5.74, 6) is -1.79. The maximum Gasteiger partial charge on any atom is 0.245 e. The van der Waals surface area contributed by atoms with Crippen LogP contribution in [0, 0.1) is 23.7 Å². The second kappa shape index (κ2) is 22.0. The molecule has 1 aliphatic heterocycles. The van der Waals surface area contributed by atoms with Crippen molar-refractivity contribution < 1.29 is 49.7 Å². The third kappa shape index (κ3) is 12.4. The Bertz CT molecular complexity index is 1240. The van der Waals surface area contributed by atoms with Crippen molar-refractivity contribution in [1.82, 2.24) is 20.4 Å². The number of likely N-dealkylation sites (tertiary alicyclic amines) is 1. The monoisotopic (exact) mass is 884 g/mol. The number of hydrogen-bond acceptors (Lipinski definition) is 6. The molecule has 1 aromatic carbocycles. The largest absolute Gasteiger partial charge is 0.667 e. The van der Waals surface area contributed by atoms with Crippen molar-refractivity contribution in [2.75, 3.05) is 27.8 Å². The molecule has 1 aromatic rings. The van der Waals surface area contributed by atoms with E-state index in [-0.39, 0.29) is 81.0 Å². The zero-order chi connectivity index (χ0) is 37.9. The molecule has 0 radical (unpaired) electrons. The quantitative estimate of drug-likeness (QED) is 0.190. The van der Waals surface area contributed by atoms with E-state index < -0.39 is 42.2 Å². The molecular formula is C39H66N5O6W-. The van der Waals surface area contributed by atoms with Gasteiger partial charge >= 0.3 is 0 Å². The van der Waals surface area contributed by atoms with E-state index in [1.54, 1.807) is 40.0 Å². The van der Waals surface area contributed by atoms with Gasteiger partial charge in [0.15, 0.2) is 0 Å².